The van der Waals surface area contributed by atoms with Gasteiger partial charge in [-0.15, -0.1) is 0 Å². The highest BCUT2D eigenvalue weighted by Gasteiger charge is 2.14. The van der Waals surface area contributed by atoms with E-state index in [0.717, 1.165) is 18.9 Å². The molecule has 0 aliphatic carbocycles. The molecule has 1 aromatic rings. The molecule has 2 rings (SSSR count). The number of nitrogens with zero attached hydrogens (tertiary/aromatic N) is 1. The number of hydrogen-bond donors (Lipinski definition) is 3. The second-order valence-electron chi connectivity index (χ2n) is 4.53. The Kier molecular flexibility index (Phi) is 3.26. The number of H-pyrrole nitrogens is 1. The van der Waals surface area contributed by atoms with Crippen LogP contribution in [0.4, 0.5) is 5.82 Å². The number of aromatic nitrogens is 2. The average molecular weight is 208 g/mol. The van der Waals surface area contributed by atoms with E-state index in [-0.39, 0.29) is 0 Å². The SMILES string of the molecule is CC(C)c1cc(NC2CCNCC2)n[nH]1. The predicted octanol–water partition coefficient (Wildman–Crippen LogP) is 1.70. The lowest BCUT2D eigenvalue weighted by Gasteiger charge is -2.23. The third-order valence-corrected chi connectivity index (χ3v) is 2.91. The highest BCUT2D eigenvalue weighted by Crippen LogP contribution is 2.17. The number of piperidine rings is 1. The molecule has 1 fully saturated rings. The molecule has 84 valence electrons. The molecule has 3 N–H and O–H groups in total. The van der Waals surface area contributed by atoms with Gasteiger partial charge < -0.3 is 10.6 Å². The van der Waals surface area contributed by atoms with Gasteiger partial charge in [-0.05, 0) is 31.8 Å². The topological polar surface area (TPSA) is 52.7 Å². The van der Waals surface area contributed by atoms with Crippen molar-refractivity contribution >= 4 is 5.82 Å². The van der Waals surface area contributed by atoms with E-state index >= 15 is 0 Å². The summed E-state index contributed by atoms with van der Waals surface area (Å²) in [6.07, 6.45) is 2.37. The van der Waals surface area contributed by atoms with Crippen molar-refractivity contribution in [3.63, 3.8) is 0 Å². The zero-order valence-electron chi connectivity index (χ0n) is 9.51. The Hall–Kier alpha value is -1.03. The molecule has 0 bridgehead atoms. The van der Waals surface area contributed by atoms with Gasteiger partial charge in [-0.2, -0.15) is 5.10 Å². The molecule has 4 nitrogen and oxygen atoms in total. The van der Waals surface area contributed by atoms with Crippen molar-refractivity contribution in [1.82, 2.24) is 15.5 Å². The maximum absolute atomic E-state index is 4.28. The third-order valence-electron chi connectivity index (χ3n) is 2.91. The molecule has 0 aromatic carbocycles. The Morgan fingerprint density at radius 3 is 2.73 bits per heavy atom. The zero-order valence-corrected chi connectivity index (χ0v) is 9.51. The van der Waals surface area contributed by atoms with Crippen LogP contribution < -0.4 is 10.6 Å². The Morgan fingerprint density at radius 2 is 2.13 bits per heavy atom. The van der Waals surface area contributed by atoms with Gasteiger partial charge in [-0.3, -0.25) is 5.10 Å². The summed E-state index contributed by atoms with van der Waals surface area (Å²) in [5.41, 5.74) is 1.20. The summed E-state index contributed by atoms with van der Waals surface area (Å²) in [5.74, 6) is 1.51. The molecular formula is C11H20N4. The quantitative estimate of drug-likeness (QED) is 0.708. The van der Waals surface area contributed by atoms with E-state index in [1.165, 1.54) is 18.5 Å². The van der Waals surface area contributed by atoms with Crippen molar-refractivity contribution in [3.8, 4) is 0 Å². The second kappa shape index (κ2) is 4.66. The van der Waals surface area contributed by atoms with Crippen LogP contribution in [0.2, 0.25) is 0 Å². The molecular weight excluding hydrogens is 188 g/mol. The van der Waals surface area contributed by atoms with Crippen molar-refractivity contribution < 1.29 is 0 Å². The Bertz CT molecular complexity index is 299. The molecule has 1 aliphatic heterocycles. The number of aromatic amines is 1. The molecule has 4 heteroatoms. The second-order valence-corrected chi connectivity index (χ2v) is 4.53. The fraction of sp³-hybridized carbons (Fsp3) is 0.727. The highest BCUT2D eigenvalue weighted by molar-refractivity contribution is 5.37. The Balaban J connectivity index is 1.91. The van der Waals surface area contributed by atoms with E-state index in [1.54, 1.807) is 0 Å². The lowest BCUT2D eigenvalue weighted by molar-refractivity contribution is 0.478. The van der Waals surface area contributed by atoms with Gasteiger partial charge in [0.05, 0.1) is 0 Å². The normalized spacial score (nSPS) is 18.3. The van der Waals surface area contributed by atoms with Crippen LogP contribution in [0.5, 0.6) is 0 Å². The molecule has 0 unspecified atom stereocenters. The minimum absolute atomic E-state index is 0.515. The summed E-state index contributed by atoms with van der Waals surface area (Å²) in [7, 11) is 0. The standard InChI is InChI=1S/C11H20N4/c1-8(2)10-7-11(15-14-10)13-9-3-5-12-6-4-9/h7-9,12H,3-6H2,1-2H3,(H2,13,14,15). The van der Waals surface area contributed by atoms with Gasteiger partial charge in [0.1, 0.15) is 5.82 Å². The number of rotatable bonds is 3. The van der Waals surface area contributed by atoms with Crippen LogP contribution in [0.15, 0.2) is 6.07 Å². The molecule has 0 spiro atoms. The predicted molar refractivity (Wildman–Crippen MR) is 62.2 cm³/mol. The molecule has 0 radical (unpaired) electrons. The van der Waals surface area contributed by atoms with E-state index in [1.807, 2.05) is 0 Å². The first-order valence-electron chi connectivity index (χ1n) is 5.78. The molecule has 2 heterocycles. The minimum Gasteiger partial charge on any atom is -0.366 e. The average Bonchev–Trinajstić information content (AvgIpc) is 2.68. The molecule has 0 atom stereocenters. The van der Waals surface area contributed by atoms with Crippen LogP contribution in [0.3, 0.4) is 0 Å². The first-order valence-corrected chi connectivity index (χ1v) is 5.78. The molecule has 1 saturated heterocycles. The van der Waals surface area contributed by atoms with Gasteiger partial charge >= 0.3 is 0 Å². The Labute approximate surface area is 90.8 Å². The number of anilines is 1. The molecule has 0 saturated carbocycles. The fourth-order valence-corrected chi connectivity index (χ4v) is 1.88. The summed E-state index contributed by atoms with van der Waals surface area (Å²) < 4.78 is 0. The van der Waals surface area contributed by atoms with Crippen LogP contribution in [-0.4, -0.2) is 29.3 Å². The van der Waals surface area contributed by atoms with Gasteiger partial charge in [0.2, 0.25) is 0 Å². The van der Waals surface area contributed by atoms with E-state index in [0.29, 0.717) is 12.0 Å². The first-order chi connectivity index (χ1) is 7.25. The van der Waals surface area contributed by atoms with Gasteiger partial charge in [0.15, 0.2) is 0 Å². The maximum atomic E-state index is 4.28. The van der Waals surface area contributed by atoms with Crippen LogP contribution in [-0.2, 0) is 0 Å². The van der Waals surface area contributed by atoms with E-state index in [9.17, 15) is 0 Å². The smallest absolute Gasteiger partial charge is 0.148 e. The minimum atomic E-state index is 0.515. The van der Waals surface area contributed by atoms with Gasteiger partial charge in [-0.25, -0.2) is 0 Å². The van der Waals surface area contributed by atoms with Crippen molar-refractivity contribution in [2.45, 2.75) is 38.6 Å². The van der Waals surface area contributed by atoms with E-state index in [4.69, 9.17) is 0 Å². The highest BCUT2D eigenvalue weighted by atomic mass is 15.2. The van der Waals surface area contributed by atoms with Crippen LogP contribution >= 0.6 is 0 Å². The summed E-state index contributed by atoms with van der Waals surface area (Å²) in [4.78, 5) is 0. The summed E-state index contributed by atoms with van der Waals surface area (Å²) in [6.45, 7) is 6.56. The molecule has 0 amide bonds. The van der Waals surface area contributed by atoms with Crippen molar-refractivity contribution in [2.24, 2.45) is 0 Å². The number of hydrogen-bond acceptors (Lipinski definition) is 3. The number of nitrogens with one attached hydrogen (secondary N) is 3. The molecule has 1 aromatic heterocycles. The van der Waals surface area contributed by atoms with Gasteiger partial charge in [-0.1, -0.05) is 13.8 Å². The van der Waals surface area contributed by atoms with E-state index < -0.39 is 0 Å². The fourth-order valence-electron chi connectivity index (χ4n) is 1.88. The van der Waals surface area contributed by atoms with Gasteiger partial charge in [0, 0.05) is 17.8 Å². The summed E-state index contributed by atoms with van der Waals surface area (Å²) in [5, 5.41) is 14.2. The van der Waals surface area contributed by atoms with Crippen LogP contribution in [0, 0.1) is 0 Å². The Morgan fingerprint density at radius 1 is 1.40 bits per heavy atom. The lowest BCUT2D eigenvalue weighted by Crippen LogP contribution is -2.35. The van der Waals surface area contributed by atoms with Gasteiger partial charge in [0.25, 0.3) is 0 Å². The van der Waals surface area contributed by atoms with Crippen molar-refractivity contribution in [3.05, 3.63) is 11.8 Å². The monoisotopic (exact) mass is 208 g/mol. The summed E-state index contributed by atoms with van der Waals surface area (Å²) >= 11 is 0. The van der Waals surface area contributed by atoms with Crippen molar-refractivity contribution in [1.29, 1.82) is 0 Å². The lowest BCUT2D eigenvalue weighted by atomic mass is 10.1. The largest absolute Gasteiger partial charge is 0.366 e. The molecule has 15 heavy (non-hydrogen) atoms. The molecule has 1 aliphatic rings. The van der Waals surface area contributed by atoms with Crippen LogP contribution in [0.25, 0.3) is 0 Å². The van der Waals surface area contributed by atoms with Crippen molar-refractivity contribution in [2.75, 3.05) is 18.4 Å². The van der Waals surface area contributed by atoms with Crippen LogP contribution in [0.1, 0.15) is 38.3 Å². The first kappa shape index (κ1) is 10.5. The van der Waals surface area contributed by atoms with E-state index in [2.05, 4.69) is 40.7 Å². The third kappa shape index (κ3) is 2.72. The summed E-state index contributed by atoms with van der Waals surface area (Å²) in [6, 6.07) is 2.70. The maximum Gasteiger partial charge on any atom is 0.148 e. The zero-order chi connectivity index (χ0) is 10.7.